The molecule has 1 fully saturated rings. The van der Waals surface area contributed by atoms with Crippen LogP contribution >= 0.6 is 0 Å². The van der Waals surface area contributed by atoms with Crippen LogP contribution in [0.25, 0.3) is 0 Å². The quantitative estimate of drug-likeness (QED) is 0.918. The number of halogens is 2. The lowest BCUT2D eigenvalue weighted by atomic mass is 10.2. The van der Waals surface area contributed by atoms with E-state index in [0.717, 1.165) is 23.8 Å². The summed E-state index contributed by atoms with van der Waals surface area (Å²) in [6.45, 7) is 2.93. The summed E-state index contributed by atoms with van der Waals surface area (Å²) in [4.78, 5) is 14.5. The number of rotatable bonds is 4. The number of carbonyl (C=O) groups is 1. The molecule has 0 saturated carbocycles. The smallest absolute Gasteiger partial charge is 0.407 e. The zero-order chi connectivity index (χ0) is 17.8. The largest absolute Gasteiger partial charge is 0.465 e. The first-order valence-corrected chi connectivity index (χ1v) is 7.93. The van der Waals surface area contributed by atoms with Crippen LogP contribution in [0.15, 0.2) is 42.5 Å². The normalized spacial score (nSPS) is 15.2. The van der Waals surface area contributed by atoms with Gasteiger partial charge in [-0.05, 0) is 17.7 Å². The Balaban J connectivity index is 1.63. The van der Waals surface area contributed by atoms with Crippen molar-refractivity contribution in [3.05, 3.63) is 59.7 Å². The van der Waals surface area contributed by atoms with Crippen molar-refractivity contribution >= 4 is 6.09 Å². The second-order valence-electron chi connectivity index (χ2n) is 5.90. The number of amides is 1. The van der Waals surface area contributed by atoms with Gasteiger partial charge in [-0.1, -0.05) is 12.1 Å². The summed E-state index contributed by atoms with van der Waals surface area (Å²) in [5.74, 6) is -0.790. The van der Waals surface area contributed by atoms with E-state index in [0.29, 0.717) is 38.5 Å². The van der Waals surface area contributed by atoms with Gasteiger partial charge in [0.2, 0.25) is 0 Å². The summed E-state index contributed by atoms with van der Waals surface area (Å²) >= 11 is 0. The number of nitrogens with zero attached hydrogens (tertiary/aromatic N) is 2. The van der Waals surface area contributed by atoms with E-state index in [1.807, 2.05) is 18.2 Å². The highest BCUT2D eigenvalue weighted by molar-refractivity contribution is 5.65. The lowest BCUT2D eigenvalue weighted by molar-refractivity contribution is 0.103. The molecular formula is C18H18F2N2O3. The third-order valence-electron chi connectivity index (χ3n) is 4.02. The fourth-order valence-electron chi connectivity index (χ4n) is 2.79. The molecule has 1 heterocycles. The standard InChI is InChI=1S/C18H18F2N2O3/c19-14-9-15(20)11-17(10-14)25-16-3-1-2-13(8-16)12-21-4-6-22(7-5-21)18(23)24/h1-3,8-11H,4-7,12H2,(H,23,24). The molecule has 1 aliphatic rings. The predicted octanol–water partition coefficient (Wildman–Crippen LogP) is 3.55. The number of ether oxygens (including phenoxy) is 1. The van der Waals surface area contributed by atoms with Crippen molar-refractivity contribution in [1.29, 1.82) is 0 Å². The van der Waals surface area contributed by atoms with Crippen LogP contribution in [0.2, 0.25) is 0 Å². The van der Waals surface area contributed by atoms with Crippen LogP contribution in [0.1, 0.15) is 5.56 Å². The monoisotopic (exact) mass is 348 g/mol. The first-order chi connectivity index (χ1) is 12.0. The minimum atomic E-state index is -0.891. The van der Waals surface area contributed by atoms with Gasteiger partial charge in [0.25, 0.3) is 0 Å². The highest BCUT2D eigenvalue weighted by Gasteiger charge is 2.20. The molecule has 0 spiro atoms. The molecule has 0 bridgehead atoms. The van der Waals surface area contributed by atoms with E-state index in [1.54, 1.807) is 6.07 Å². The molecule has 0 unspecified atom stereocenters. The molecular weight excluding hydrogens is 330 g/mol. The van der Waals surface area contributed by atoms with Gasteiger partial charge in [-0.15, -0.1) is 0 Å². The SMILES string of the molecule is O=C(O)N1CCN(Cc2cccc(Oc3cc(F)cc(F)c3)c2)CC1. The van der Waals surface area contributed by atoms with Crippen molar-refractivity contribution < 1.29 is 23.4 Å². The lowest BCUT2D eigenvalue weighted by Gasteiger charge is -2.33. The first kappa shape index (κ1) is 17.2. The lowest BCUT2D eigenvalue weighted by Crippen LogP contribution is -2.47. The van der Waals surface area contributed by atoms with Crippen molar-refractivity contribution in [1.82, 2.24) is 9.80 Å². The van der Waals surface area contributed by atoms with E-state index < -0.39 is 17.7 Å². The van der Waals surface area contributed by atoms with Crippen molar-refractivity contribution in [2.75, 3.05) is 26.2 Å². The van der Waals surface area contributed by atoms with Crippen LogP contribution in [-0.4, -0.2) is 47.2 Å². The van der Waals surface area contributed by atoms with Gasteiger partial charge in [-0.2, -0.15) is 0 Å². The molecule has 3 rings (SSSR count). The average Bonchev–Trinajstić information content (AvgIpc) is 2.54. The molecule has 1 N–H and O–H groups in total. The topological polar surface area (TPSA) is 53.0 Å². The molecule has 25 heavy (non-hydrogen) atoms. The maximum atomic E-state index is 13.2. The molecule has 1 amide bonds. The zero-order valence-corrected chi connectivity index (χ0v) is 13.5. The summed E-state index contributed by atoms with van der Waals surface area (Å²) in [6, 6.07) is 10.3. The van der Waals surface area contributed by atoms with Crippen LogP contribution in [0.5, 0.6) is 11.5 Å². The Morgan fingerprint density at radius 3 is 2.32 bits per heavy atom. The average molecular weight is 348 g/mol. The molecule has 132 valence electrons. The van der Waals surface area contributed by atoms with Gasteiger partial charge in [0.05, 0.1) is 0 Å². The summed E-state index contributed by atoms with van der Waals surface area (Å²) in [7, 11) is 0. The van der Waals surface area contributed by atoms with Crippen molar-refractivity contribution in [3.63, 3.8) is 0 Å². The molecule has 7 heteroatoms. The highest BCUT2D eigenvalue weighted by Crippen LogP contribution is 2.24. The van der Waals surface area contributed by atoms with Crippen LogP contribution in [0.3, 0.4) is 0 Å². The van der Waals surface area contributed by atoms with Crippen molar-refractivity contribution in [2.45, 2.75) is 6.54 Å². The van der Waals surface area contributed by atoms with Gasteiger partial charge in [0.1, 0.15) is 23.1 Å². The van der Waals surface area contributed by atoms with Crippen LogP contribution in [0, 0.1) is 11.6 Å². The third kappa shape index (κ3) is 4.67. The Morgan fingerprint density at radius 2 is 1.68 bits per heavy atom. The first-order valence-electron chi connectivity index (χ1n) is 7.93. The maximum absolute atomic E-state index is 13.2. The van der Waals surface area contributed by atoms with Crippen LogP contribution in [-0.2, 0) is 6.54 Å². The number of piperazine rings is 1. The Hall–Kier alpha value is -2.67. The van der Waals surface area contributed by atoms with Gasteiger partial charge in [0.15, 0.2) is 0 Å². The van der Waals surface area contributed by atoms with E-state index in [9.17, 15) is 13.6 Å². The van der Waals surface area contributed by atoms with Gasteiger partial charge in [0, 0.05) is 50.9 Å². The van der Waals surface area contributed by atoms with E-state index >= 15 is 0 Å². The molecule has 1 aliphatic heterocycles. The number of benzene rings is 2. The van der Waals surface area contributed by atoms with Gasteiger partial charge < -0.3 is 14.7 Å². The van der Waals surface area contributed by atoms with Gasteiger partial charge in [-0.3, -0.25) is 4.90 Å². The Morgan fingerprint density at radius 1 is 1.00 bits per heavy atom. The van der Waals surface area contributed by atoms with E-state index in [4.69, 9.17) is 9.84 Å². The van der Waals surface area contributed by atoms with E-state index in [-0.39, 0.29) is 5.75 Å². The van der Waals surface area contributed by atoms with Crippen molar-refractivity contribution in [2.24, 2.45) is 0 Å². The summed E-state index contributed by atoms with van der Waals surface area (Å²) < 4.78 is 32.0. The molecule has 2 aromatic carbocycles. The molecule has 0 atom stereocenters. The summed E-state index contributed by atoms with van der Waals surface area (Å²) in [5.41, 5.74) is 0.984. The zero-order valence-electron chi connectivity index (χ0n) is 13.5. The van der Waals surface area contributed by atoms with Crippen LogP contribution < -0.4 is 4.74 Å². The fraction of sp³-hybridized carbons (Fsp3) is 0.278. The van der Waals surface area contributed by atoms with Crippen LogP contribution in [0.4, 0.5) is 13.6 Å². The number of hydrogen-bond donors (Lipinski definition) is 1. The Bertz CT molecular complexity index is 741. The second-order valence-corrected chi connectivity index (χ2v) is 5.90. The predicted molar refractivity (Wildman–Crippen MR) is 87.7 cm³/mol. The molecule has 0 radical (unpaired) electrons. The maximum Gasteiger partial charge on any atom is 0.407 e. The third-order valence-corrected chi connectivity index (χ3v) is 4.02. The molecule has 5 nitrogen and oxygen atoms in total. The molecule has 0 aliphatic carbocycles. The number of carboxylic acid groups (broad SMARTS) is 1. The molecule has 2 aromatic rings. The summed E-state index contributed by atoms with van der Waals surface area (Å²) in [6.07, 6.45) is -0.891. The molecule has 0 aromatic heterocycles. The van der Waals surface area contributed by atoms with Gasteiger partial charge >= 0.3 is 6.09 Å². The van der Waals surface area contributed by atoms with E-state index in [2.05, 4.69) is 4.90 Å². The fourth-order valence-corrected chi connectivity index (χ4v) is 2.79. The Kier molecular flexibility index (Phi) is 5.14. The Labute approximate surface area is 144 Å². The second kappa shape index (κ2) is 7.48. The minimum Gasteiger partial charge on any atom is -0.465 e. The van der Waals surface area contributed by atoms with Crippen molar-refractivity contribution in [3.8, 4) is 11.5 Å². The van der Waals surface area contributed by atoms with E-state index in [1.165, 1.54) is 4.90 Å². The number of hydrogen-bond acceptors (Lipinski definition) is 3. The highest BCUT2D eigenvalue weighted by atomic mass is 19.1. The molecule has 1 saturated heterocycles. The summed E-state index contributed by atoms with van der Waals surface area (Å²) in [5, 5.41) is 8.97. The van der Waals surface area contributed by atoms with Gasteiger partial charge in [-0.25, -0.2) is 13.6 Å². The minimum absolute atomic E-state index is 0.102.